The summed E-state index contributed by atoms with van der Waals surface area (Å²) in [6.07, 6.45) is 2.82. The zero-order valence-electron chi connectivity index (χ0n) is 13.8. The summed E-state index contributed by atoms with van der Waals surface area (Å²) in [7, 11) is 0. The highest BCUT2D eigenvalue weighted by Crippen LogP contribution is 2.38. The summed E-state index contributed by atoms with van der Waals surface area (Å²) in [6.45, 7) is 13.3. The van der Waals surface area contributed by atoms with E-state index in [0.29, 0.717) is 24.0 Å². The van der Waals surface area contributed by atoms with E-state index in [2.05, 4.69) is 53.7 Å². The van der Waals surface area contributed by atoms with E-state index in [9.17, 15) is 4.79 Å². The number of carbonyl (C=O) groups is 1. The lowest BCUT2D eigenvalue weighted by Crippen LogP contribution is -2.14. The number of fused-ring (bicyclic) bond motifs is 1. The molecule has 0 N–H and O–H groups in total. The molecule has 1 aromatic carbocycles. The first-order valence-corrected chi connectivity index (χ1v) is 7.91. The average Bonchev–Trinajstić information content (AvgIpc) is 2.44. The number of ketones is 1. The first kappa shape index (κ1) is 15.3. The molecule has 1 aliphatic carbocycles. The fraction of sp³-hybridized carbons (Fsp3) is 0.632. The predicted octanol–water partition coefficient (Wildman–Crippen LogP) is 5.48. The molecule has 20 heavy (non-hydrogen) atoms. The zero-order chi connectivity index (χ0) is 15.1. The van der Waals surface area contributed by atoms with Crippen LogP contribution in [0.3, 0.4) is 0 Å². The molecule has 1 aromatic rings. The van der Waals surface area contributed by atoms with E-state index in [1.165, 1.54) is 16.7 Å². The molecule has 1 heteroatoms. The van der Waals surface area contributed by atoms with Gasteiger partial charge in [-0.3, -0.25) is 4.79 Å². The van der Waals surface area contributed by atoms with Gasteiger partial charge in [0.25, 0.3) is 0 Å². The highest BCUT2D eigenvalue weighted by Gasteiger charge is 2.30. The van der Waals surface area contributed by atoms with E-state index >= 15 is 0 Å². The quantitative estimate of drug-likeness (QED) is 0.652. The number of Topliss-reactive ketones (excluding diaryl/α,β-unsaturated/α-hetero) is 1. The van der Waals surface area contributed by atoms with Crippen LogP contribution in [0.4, 0.5) is 0 Å². The van der Waals surface area contributed by atoms with Crippen molar-refractivity contribution in [3.05, 3.63) is 34.4 Å². The van der Waals surface area contributed by atoms with Crippen LogP contribution in [0.2, 0.25) is 0 Å². The fourth-order valence-electron chi connectivity index (χ4n) is 3.18. The molecule has 2 rings (SSSR count). The fourth-order valence-corrected chi connectivity index (χ4v) is 3.18. The lowest BCUT2D eigenvalue weighted by Gasteiger charge is -2.20. The van der Waals surface area contributed by atoms with Crippen molar-refractivity contribution in [2.24, 2.45) is 5.41 Å². The van der Waals surface area contributed by atoms with Crippen LogP contribution < -0.4 is 0 Å². The van der Waals surface area contributed by atoms with Gasteiger partial charge in [0.2, 0.25) is 0 Å². The monoisotopic (exact) mass is 272 g/mol. The smallest absolute Gasteiger partial charge is 0.163 e. The Kier molecular flexibility index (Phi) is 4.09. The molecule has 0 bridgehead atoms. The van der Waals surface area contributed by atoms with E-state index in [1.54, 1.807) is 0 Å². The van der Waals surface area contributed by atoms with Gasteiger partial charge in [-0.25, -0.2) is 0 Å². The number of rotatable bonds is 2. The first-order chi connectivity index (χ1) is 9.21. The lowest BCUT2D eigenvalue weighted by molar-refractivity contribution is 0.0934. The summed E-state index contributed by atoms with van der Waals surface area (Å²) >= 11 is 0. The normalized spacial score (nSPS) is 18.3. The van der Waals surface area contributed by atoms with Crippen molar-refractivity contribution in [2.45, 2.75) is 72.6 Å². The standard InChI is InChI=1S/C19H28O/c1-12(2)14-9-16(13(3)4)15-7-8-19(5,6)11-18(20)17(15)10-14/h9-10,12-13H,7-8,11H2,1-6H3. The molecule has 1 nitrogen and oxygen atoms in total. The molecular formula is C19H28O. The van der Waals surface area contributed by atoms with E-state index < -0.39 is 0 Å². The first-order valence-electron chi connectivity index (χ1n) is 7.91. The van der Waals surface area contributed by atoms with E-state index in [1.807, 2.05) is 0 Å². The third kappa shape index (κ3) is 2.97. The van der Waals surface area contributed by atoms with Gasteiger partial charge in [0, 0.05) is 12.0 Å². The summed E-state index contributed by atoms with van der Waals surface area (Å²) in [5.41, 5.74) is 5.14. The third-order valence-electron chi connectivity index (χ3n) is 4.59. The van der Waals surface area contributed by atoms with Crippen LogP contribution in [0.1, 0.15) is 93.3 Å². The van der Waals surface area contributed by atoms with Crippen LogP contribution in [-0.2, 0) is 6.42 Å². The number of carbonyl (C=O) groups excluding carboxylic acids is 1. The van der Waals surface area contributed by atoms with E-state index in [0.717, 1.165) is 18.4 Å². The molecule has 1 aliphatic rings. The highest BCUT2D eigenvalue weighted by atomic mass is 16.1. The van der Waals surface area contributed by atoms with Gasteiger partial charge in [0.1, 0.15) is 0 Å². The topological polar surface area (TPSA) is 17.1 Å². The van der Waals surface area contributed by atoms with Gasteiger partial charge in [-0.05, 0) is 52.8 Å². The van der Waals surface area contributed by atoms with Gasteiger partial charge in [-0.1, -0.05) is 47.6 Å². The van der Waals surface area contributed by atoms with Crippen LogP contribution in [0.25, 0.3) is 0 Å². The van der Waals surface area contributed by atoms with Crippen LogP contribution in [0, 0.1) is 5.41 Å². The van der Waals surface area contributed by atoms with E-state index in [4.69, 9.17) is 0 Å². The van der Waals surface area contributed by atoms with Crippen molar-refractivity contribution in [2.75, 3.05) is 0 Å². The molecule has 0 heterocycles. The molecule has 0 saturated carbocycles. The van der Waals surface area contributed by atoms with Crippen molar-refractivity contribution in [1.82, 2.24) is 0 Å². The second-order valence-electron chi connectivity index (χ2n) is 7.71. The van der Waals surface area contributed by atoms with Crippen LogP contribution in [0.5, 0.6) is 0 Å². The molecule has 0 unspecified atom stereocenters. The molecule has 0 saturated heterocycles. The predicted molar refractivity (Wildman–Crippen MR) is 85.7 cm³/mol. The van der Waals surface area contributed by atoms with Crippen molar-refractivity contribution in [3.63, 3.8) is 0 Å². The Morgan fingerprint density at radius 1 is 1.05 bits per heavy atom. The average molecular weight is 272 g/mol. The molecule has 110 valence electrons. The largest absolute Gasteiger partial charge is 0.294 e. The molecule has 0 aromatic heterocycles. The van der Waals surface area contributed by atoms with Crippen LogP contribution in [0.15, 0.2) is 12.1 Å². The van der Waals surface area contributed by atoms with Crippen LogP contribution >= 0.6 is 0 Å². The summed E-state index contributed by atoms with van der Waals surface area (Å²) in [4.78, 5) is 12.7. The molecular weight excluding hydrogens is 244 g/mol. The van der Waals surface area contributed by atoms with Crippen molar-refractivity contribution in [1.29, 1.82) is 0 Å². The van der Waals surface area contributed by atoms with E-state index in [-0.39, 0.29) is 5.41 Å². The van der Waals surface area contributed by atoms with Crippen molar-refractivity contribution < 1.29 is 4.79 Å². The number of hydrogen-bond donors (Lipinski definition) is 0. The zero-order valence-corrected chi connectivity index (χ0v) is 13.8. The Balaban J connectivity index is 2.61. The van der Waals surface area contributed by atoms with Gasteiger partial charge in [-0.15, -0.1) is 0 Å². The second kappa shape index (κ2) is 5.35. The molecule has 0 aliphatic heterocycles. The minimum Gasteiger partial charge on any atom is -0.294 e. The van der Waals surface area contributed by atoms with Gasteiger partial charge in [0.15, 0.2) is 5.78 Å². The van der Waals surface area contributed by atoms with Gasteiger partial charge in [-0.2, -0.15) is 0 Å². The number of benzene rings is 1. The Labute approximate surface area is 123 Å². The summed E-state index contributed by atoms with van der Waals surface area (Å²) in [5.74, 6) is 1.30. The lowest BCUT2D eigenvalue weighted by atomic mass is 9.84. The third-order valence-corrected chi connectivity index (χ3v) is 4.59. The minimum atomic E-state index is 0.127. The van der Waals surface area contributed by atoms with Crippen molar-refractivity contribution in [3.8, 4) is 0 Å². The Morgan fingerprint density at radius 2 is 1.70 bits per heavy atom. The van der Waals surface area contributed by atoms with Crippen LogP contribution in [-0.4, -0.2) is 5.78 Å². The second-order valence-corrected chi connectivity index (χ2v) is 7.71. The minimum absolute atomic E-state index is 0.127. The Bertz CT molecular complexity index is 521. The van der Waals surface area contributed by atoms with Crippen molar-refractivity contribution >= 4 is 5.78 Å². The summed E-state index contributed by atoms with van der Waals surface area (Å²) in [6, 6.07) is 4.50. The van der Waals surface area contributed by atoms with Gasteiger partial charge >= 0.3 is 0 Å². The maximum Gasteiger partial charge on any atom is 0.163 e. The molecule has 0 amide bonds. The molecule has 0 radical (unpaired) electrons. The SMILES string of the molecule is CC(C)c1cc2c(c(C(C)C)c1)CCC(C)(C)CC2=O. The number of hydrogen-bond acceptors (Lipinski definition) is 1. The summed E-state index contributed by atoms with van der Waals surface area (Å²) < 4.78 is 0. The molecule has 0 fully saturated rings. The Hall–Kier alpha value is -1.11. The summed E-state index contributed by atoms with van der Waals surface area (Å²) in [5, 5.41) is 0. The molecule has 0 spiro atoms. The highest BCUT2D eigenvalue weighted by molar-refractivity contribution is 5.98. The van der Waals surface area contributed by atoms with Gasteiger partial charge < -0.3 is 0 Å². The Morgan fingerprint density at radius 3 is 2.25 bits per heavy atom. The van der Waals surface area contributed by atoms with Gasteiger partial charge in [0.05, 0.1) is 0 Å². The molecule has 0 atom stereocenters. The maximum absolute atomic E-state index is 12.7. The maximum atomic E-state index is 12.7.